The van der Waals surface area contributed by atoms with E-state index in [2.05, 4.69) is 31.2 Å². The first-order valence-electron chi connectivity index (χ1n) is 8.56. The van der Waals surface area contributed by atoms with Crippen LogP contribution >= 0.6 is 0 Å². The summed E-state index contributed by atoms with van der Waals surface area (Å²) < 4.78 is 7.26. The van der Waals surface area contributed by atoms with Crippen molar-refractivity contribution < 1.29 is 9.53 Å². The van der Waals surface area contributed by atoms with E-state index in [-0.39, 0.29) is 17.9 Å². The molecule has 0 unspecified atom stereocenters. The molecule has 3 aromatic rings. The van der Waals surface area contributed by atoms with Crippen LogP contribution in [0.25, 0.3) is 5.69 Å². The second-order valence-corrected chi connectivity index (χ2v) is 7.09. The van der Waals surface area contributed by atoms with Gasteiger partial charge in [-0.2, -0.15) is 5.10 Å². The molecule has 0 saturated heterocycles. The van der Waals surface area contributed by atoms with Gasteiger partial charge in [0.25, 0.3) is 5.91 Å². The molecule has 0 saturated carbocycles. The third-order valence-electron chi connectivity index (χ3n) is 3.97. The number of para-hydroxylation sites is 1. The summed E-state index contributed by atoms with van der Waals surface area (Å²) >= 11 is 0. The lowest BCUT2D eigenvalue weighted by Gasteiger charge is -2.19. The van der Waals surface area contributed by atoms with Gasteiger partial charge in [0, 0.05) is 12.3 Å². The first-order valence-corrected chi connectivity index (χ1v) is 8.56. The molecule has 5 nitrogen and oxygen atoms in total. The van der Waals surface area contributed by atoms with Crippen LogP contribution in [0.1, 0.15) is 26.3 Å². The first kappa shape index (κ1) is 17.7. The third-order valence-corrected chi connectivity index (χ3v) is 3.97. The van der Waals surface area contributed by atoms with E-state index in [1.807, 2.05) is 54.6 Å². The molecule has 2 aromatic carbocycles. The zero-order chi connectivity index (χ0) is 18.6. The van der Waals surface area contributed by atoms with Crippen molar-refractivity contribution in [3.63, 3.8) is 0 Å². The fourth-order valence-electron chi connectivity index (χ4n) is 2.49. The number of aromatic nitrogens is 2. The van der Waals surface area contributed by atoms with Gasteiger partial charge in [-0.05, 0) is 35.2 Å². The Labute approximate surface area is 153 Å². The van der Waals surface area contributed by atoms with Crippen LogP contribution in [0.3, 0.4) is 0 Å². The molecule has 134 valence electrons. The Hall–Kier alpha value is -3.08. The zero-order valence-electron chi connectivity index (χ0n) is 15.3. The lowest BCUT2D eigenvalue weighted by atomic mass is 9.87. The van der Waals surface area contributed by atoms with E-state index in [9.17, 15) is 4.79 Å². The van der Waals surface area contributed by atoms with Crippen LogP contribution in [-0.2, 0) is 10.2 Å². The Bertz CT molecular complexity index is 862. The largest absolute Gasteiger partial charge is 0.484 e. The van der Waals surface area contributed by atoms with Gasteiger partial charge < -0.3 is 10.1 Å². The highest BCUT2D eigenvalue weighted by atomic mass is 16.5. The second-order valence-electron chi connectivity index (χ2n) is 7.09. The highest BCUT2D eigenvalue weighted by Crippen LogP contribution is 2.24. The standard InChI is InChI=1S/C21H23N3O2/c1-21(2,3)16-9-11-18(12-10-16)26-15-20(25)22-19-13-14-24(23-19)17-7-5-4-6-8-17/h4-14H,15H2,1-3H3,(H,22,23,25). The van der Waals surface area contributed by atoms with Gasteiger partial charge in [0.2, 0.25) is 0 Å². The van der Waals surface area contributed by atoms with Crippen LogP contribution in [0.15, 0.2) is 66.9 Å². The van der Waals surface area contributed by atoms with Gasteiger partial charge in [0.15, 0.2) is 12.4 Å². The summed E-state index contributed by atoms with van der Waals surface area (Å²) in [4.78, 5) is 12.1. The van der Waals surface area contributed by atoms with E-state index in [1.54, 1.807) is 16.9 Å². The third kappa shape index (κ3) is 4.51. The van der Waals surface area contributed by atoms with Gasteiger partial charge in [0.1, 0.15) is 5.75 Å². The van der Waals surface area contributed by atoms with E-state index in [0.29, 0.717) is 11.6 Å². The normalized spacial score (nSPS) is 11.2. The maximum absolute atomic E-state index is 12.1. The summed E-state index contributed by atoms with van der Waals surface area (Å²) in [5, 5.41) is 7.09. The molecular formula is C21H23N3O2. The van der Waals surface area contributed by atoms with Crippen molar-refractivity contribution in [2.75, 3.05) is 11.9 Å². The number of hydrogen-bond acceptors (Lipinski definition) is 3. The van der Waals surface area contributed by atoms with Gasteiger partial charge in [-0.25, -0.2) is 4.68 Å². The predicted octanol–water partition coefficient (Wildman–Crippen LogP) is 4.19. The molecule has 3 rings (SSSR count). The Balaban J connectivity index is 1.54. The fourth-order valence-corrected chi connectivity index (χ4v) is 2.49. The molecule has 0 bridgehead atoms. The van der Waals surface area contributed by atoms with E-state index in [0.717, 1.165) is 5.69 Å². The van der Waals surface area contributed by atoms with Gasteiger partial charge in [-0.3, -0.25) is 4.79 Å². The quantitative estimate of drug-likeness (QED) is 0.751. The van der Waals surface area contributed by atoms with Crippen molar-refractivity contribution in [3.05, 3.63) is 72.4 Å². The summed E-state index contributed by atoms with van der Waals surface area (Å²) in [5.41, 5.74) is 2.25. The monoisotopic (exact) mass is 349 g/mol. The number of rotatable bonds is 5. The molecule has 0 aliphatic rings. The second kappa shape index (κ2) is 7.44. The number of anilines is 1. The van der Waals surface area contributed by atoms with Gasteiger partial charge in [-0.1, -0.05) is 51.1 Å². The summed E-state index contributed by atoms with van der Waals surface area (Å²) in [6, 6.07) is 19.3. The summed E-state index contributed by atoms with van der Waals surface area (Å²) in [5.74, 6) is 0.914. The molecule has 1 N–H and O–H groups in total. The summed E-state index contributed by atoms with van der Waals surface area (Å²) in [7, 11) is 0. The van der Waals surface area contributed by atoms with E-state index in [4.69, 9.17) is 4.74 Å². The number of hydrogen-bond donors (Lipinski definition) is 1. The van der Waals surface area contributed by atoms with Crippen LogP contribution in [0, 0.1) is 0 Å². The molecule has 5 heteroatoms. The molecule has 1 amide bonds. The predicted molar refractivity (Wildman–Crippen MR) is 103 cm³/mol. The number of carbonyl (C=O) groups excluding carboxylic acids is 1. The van der Waals surface area contributed by atoms with Crippen LogP contribution in [0.2, 0.25) is 0 Å². The fraction of sp³-hybridized carbons (Fsp3) is 0.238. The summed E-state index contributed by atoms with van der Waals surface area (Å²) in [6.07, 6.45) is 1.80. The Morgan fingerprint density at radius 2 is 1.73 bits per heavy atom. The molecule has 0 fully saturated rings. The molecule has 0 atom stereocenters. The molecule has 1 aromatic heterocycles. The van der Waals surface area contributed by atoms with Crippen molar-refractivity contribution in [2.45, 2.75) is 26.2 Å². The molecule has 0 radical (unpaired) electrons. The highest BCUT2D eigenvalue weighted by molar-refractivity contribution is 5.90. The van der Waals surface area contributed by atoms with Crippen molar-refractivity contribution >= 4 is 11.7 Å². The number of amides is 1. The van der Waals surface area contributed by atoms with Crippen LogP contribution in [0.4, 0.5) is 5.82 Å². The molecule has 0 aliphatic heterocycles. The Morgan fingerprint density at radius 3 is 2.38 bits per heavy atom. The molecule has 0 aliphatic carbocycles. The number of nitrogens with one attached hydrogen (secondary N) is 1. The van der Waals surface area contributed by atoms with Crippen LogP contribution in [-0.4, -0.2) is 22.3 Å². The smallest absolute Gasteiger partial charge is 0.263 e. The molecular weight excluding hydrogens is 326 g/mol. The van der Waals surface area contributed by atoms with E-state index < -0.39 is 0 Å². The van der Waals surface area contributed by atoms with Crippen molar-refractivity contribution in [1.82, 2.24) is 9.78 Å². The van der Waals surface area contributed by atoms with E-state index in [1.165, 1.54) is 5.56 Å². The first-order chi connectivity index (χ1) is 12.4. The number of nitrogens with zero attached hydrogens (tertiary/aromatic N) is 2. The minimum atomic E-state index is -0.247. The average Bonchev–Trinajstić information content (AvgIpc) is 3.09. The number of ether oxygens (including phenoxy) is 1. The Kier molecular flexibility index (Phi) is 5.07. The minimum Gasteiger partial charge on any atom is -0.484 e. The van der Waals surface area contributed by atoms with Crippen molar-refractivity contribution in [1.29, 1.82) is 0 Å². The zero-order valence-corrected chi connectivity index (χ0v) is 15.3. The van der Waals surface area contributed by atoms with Crippen molar-refractivity contribution in [3.8, 4) is 11.4 Å². The maximum atomic E-state index is 12.1. The SMILES string of the molecule is CC(C)(C)c1ccc(OCC(=O)Nc2ccn(-c3ccccc3)n2)cc1. The molecule has 1 heterocycles. The highest BCUT2D eigenvalue weighted by Gasteiger charge is 2.13. The number of benzene rings is 2. The van der Waals surface area contributed by atoms with Crippen molar-refractivity contribution in [2.24, 2.45) is 0 Å². The minimum absolute atomic E-state index is 0.0624. The molecule has 26 heavy (non-hydrogen) atoms. The lowest BCUT2D eigenvalue weighted by molar-refractivity contribution is -0.118. The molecule has 0 spiro atoms. The maximum Gasteiger partial charge on any atom is 0.263 e. The van der Waals surface area contributed by atoms with Gasteiger partial charge in [-0.15, -0.1) is 0 Å². The summed E-state index contributed by atoms with van der Waals surface area (Å²) in [6.45, 7) is 6.41. The Morgan fingerprint density at radius 1 is 1.04 bits per heavy atom. The number of carbonyl (C=O) groups is 1. The van der Waals surface area contributed by atoms with Gasteiger partial charge >= 0.3 is 0 Å². The van der Waals surface area contributed by atoms with Crippen LogP contribution < -0.4 is 10.1 Å². The average molecular weight is 349 g/mol. The van der Waals surface area contributed by atoms with E-state index >= 15 is 0 Å². The van der Waals surface area contributed by atoms with Gasteiger partial charge in [0.05, 0.1) is 5.69 Å². The topological polar surface area (TPSA) is 56.1 Å². The lowest BCUT2D eigenvalue weighted by Crippen LogP contribution is -2.20. The van der Waals surface area contributed by atoms with Crippen LogP contribution in [0.5, 0.6) is 5.75 Å².